The van der Waals surface area contributed by atoms with Crippen LogP contribution >= 0.6 is 0 Å². The molecule has 1 heterocycles. The van der Waals surface area contributed by atoms with Gasteiger partial charge in [-0.2, -0.15) is 0 Å². The molecule has 1 aromatic heterocycles. The van der Waals surface area contributed by atoms with Gasteiger partial charge in [0.2, 0.25) is 0 Å². The van der Waals surface area contributed by atoms with Crippen molar-refractivity contribution in [3.8, 4) is 0 Å². The highest BCUT2D eigenvalue weighted by Crippen LogP contribution is 2.25. The van der Waals surface area contributed by atoms with E-state index in [0.717, 1.165) is 30.0 Å². The van der Waals surface area contributed by atoms with Crippen LogP contribution in [0.2, 0.25) is 0 Å². The van der Waals surface area contributed by atoms with Crippen LogP contribution in [0.4, 0.5) is 22.9 Å². The zero-order valence-corrected chi connectivity index (χ0v) is 16.6. The molecule has 5 heteroatoms. The van der Waals surface area contributed by atoms with Crippen LogP contribution in [0, 0.1) is 6.92 Å². The number of amides is 1. The zero-order chi connectivity index (χ0) is 19.9. The summed E-state index contributed by atoms with van der Waals surface area (Å²) in [6.07, 6.45) is 1.58. The molecule has 28 heavy (non-hydrogen) atoms. The maximum Gasteiger partial charge on any atom is 0.257 e. The van der Waals surface area contributed by atoms with Gasteiger partial charge in [-0.25, -0.2) is 4.98 Å². The molecule has 0 aliphatic carbocycles. The van der Waals surface area contributed by atoms with E-state index in [1.165, 1.54) is 5.69 Å². The Kier molecular flexibility index (Phi) is 6.27. The lowest BCUT2D eigenvalue weighted by Crippen LogP contribution is -2.21. The van der Waals surface area contributed by atoms with Crippen molar-refractivity contribution in [1.82, 2.24) is 4.98 Å². The molecule has 0 saturated heterocycles. The molecule has 3 rings (SSSR count). The molecule has 0 radical (unpaired) electrons. The Morgan fingerprint density at radius 3 is 2.36 bits per heavy atom. The van der Waals surface area contributed by atoms with Gasteiger partial charge in [0.05, 0.1) is 5.56 Å². The summed E-state index contributed by atoms with van der Waals surface area (Å²) < 4.78 is 0. The van der Waals surface area contributed by atoms with E-state index >= 15 is 0 Å². The van der Waals surface area contributed by atoms with Gasteiger partial charge in [-0.15, -0.1) is 0 Å². The summed E-state index contributed by atoms with van der Waals surface area (Å²) in [4.78, 5) is 19.0. The quantitative estimate of drug-likeness (QED) is 0.594. The van der Waals surface area contributed by atoms with Crippen LogP contribution in [0.15, 0.2) is 66.9 Å². The highest BCUT2D eigenvalue weighted by molar-refractivity contribution is 6.04. The van der Waals surface area contributed by atoms with E-state index < -0.39 is 0 Å². The van der Waals surface area contributed by atoms with Gasteiger partial charge in [-0.1, -0.05) is 18.2 Å². The first-order chi connectivity index (χ1) is 13.6. The molecule has 0 atom stereocenters. The summed E-state index contributed by atoms with van der Waals surface area (Å²) in [5, 5.41) is 6.19. The predicted octanol–water partition coefficient (Wildman–Crippen LogP) is 5.23. The summed E-state index contributed by atoms with van der Waals surface area (Å²) in [6, 6.07) is 19.3. The first-order valence-electron chi connectivity index (χ1n) is 9.55. The Morgan fingerprint density at radius 1 is 1.00 bits per heavy atom. The van der Waals surface area contributed by atoms with Gasteiger partial charge in [0.25, 0.3) is 5.91 Å². The largest absolute Gasteiger partial charge is 0.372 e. The summed E-state index contributed by atoms with van der Waals surface area (Å²) in [7, 11) is 0. The molecule has 0 aliphatic heterocycles. The molecule has 2 N–H and O–H groups in total. The number of nitrogens with one attached hydrogen (secondary N) is 2. The number of carbonyl (C=O) groups excluding carboxylic acids is 1. The minimum absolute atomic E-state index is 0.176. The number of rotatable bonds is 7. The monoisotopic (exact) mass is 374 g/mol. The molecule has 1 amide bonds. The van der Waals surface area contributed by atoms with E-state index in [0.29, 0.717) is 11.4 Å². The van der Waals surface area contributed by atoms with Crippen molar-refractivity contribution >= 4 is 28.8 Å². The van der Waals surface area contributed by atoms with Crippen molar-refractivity contribution in [3.05, 3.63) is 78.0 Å². The second kappa shape index (κ2) is 9.04. The molecule has 0 unspecified atom stereocenters. The van der Waals surface area contributed by atoms with Crippen molar-refractivity contribution in [1.29, 1.82) is 0 Å². The first-order valence-corrected chi connectivity index (χ1v) is 9.55. The predicted molar refractivity (Wildman–Crippen MR) is 117 cm³/mol. The molecule has 5 nitrogen and oxygen atoms in total. The Balaban J connectivity index is 1.68. The van der Waals surface area contributed by atoms with E-state index in [4.69, 9.17) is 0 Å². The van der Waals surface area contributed by atoms with Crippen molar-refractivity contribution in [2.24, 2.45) is 0 Å². The van der Waals surface area contributed by atoms with Crippen molar-refractivity contribution in [3.63, 3.8) is 0 Å². The lowest BCUT2D eigenvalue weighted by Gasteiger charge is -2.22. The minimum Gasteiger partial charge on any atom is -0.372 e. The average Bonchev–Trinajstić information content (AvgIpc) is 2.72. The van der Waals surface area contributed by atoms with E-state index in [-0.39, 0.29) is 5.91 Å². The standard InChI is InChI=1S/C23H26N4O/c1-4-27(5-2)20-12-13-21(17(3)15-20)26-22-14-11-18(16-24-22)23(28)25-19-9-7-6-8-10-19/h6-16H,4-5H2,1-3H3,(H,24,26)(H,25,28). The Labute approximate surface area is 166 Å². The van der Waals surface area contributed by atoms with Crippen LogP contribution in [0.1, 0.15) is 29.8 Å². The summed E-state index contributed by atoms with van der Waals surface area (Å²) >= 11 is 0. The molecule has 2 aromatic carbocycles. The first kappa shape index (κ1) is 19.4. The third-order valence-corrected chi connectivity index (χ3v) is 4.66. The Bertz CT molecular complexity index is 919. The number of hydrogen-bond acceptors (Lipinski definition) is 4. The Hall–Kier alpha value is -3.34. The number of carbonyl (C=O) groups is 1. The van der Waals surface area contributed by atoms with Gasteiger partial charge >= 0.3 is 0 Å². The highest BCUT2D eigenvalue weighted by Gasteiger charge is 2.08. The van der Waals surface area contributed by atoms with Crippen molar-refractivity contribution in [2.45, 2.75) is 20.8 Å². The van der Waals surface area contributed by atoms with Gasteiger partial charge in [-0.05, 0) is 68.8 Å². The summed E-state index contributed by atoms with van der Waals surface area (Å²) in [6.45, 7) is 8.36. The van der Waals surface area contributed by atoms with E-state index in [9.17, 15) is 4.79 Å². The fourth-order valence-corrected chi connectivity index (χ4v) is 3.04. The number of para-hydroxylation sites is 1. The molecule has 0 saturated carbocycles. The third kappa shape index (κ3) is 4.68. The molecule has 0 aliphatic rings. The third-order valence-electron chi connectivity index (χ3n) is 4.66. The average molecular weight is 374 g/mol. The topological polar surface area (TPSA) is 57.3 Å². The van der Waals surface area contributed by atoms with Gasteiger partial charge in [0.1, 0.15) is 5.82 Å². The molecule has 0 fully saturated rings. The van der Waals surface area contributed by atoms with Gasteiger partial charge < -0.3 is 15.5 Å². The number of nitrogens with zero attached hydrogens (tertiary/aromatic N) is 2. The highest BCUT2D eigenvalue weighted by atomic mass is 16.1. The molecular weight excluding hydrogens is 348 g/mol. The van der Waals surface area contributed by atoms with Crippen LogP contribution in [-0.4, -0.2) is 24.0 Å². The zero-order valence-electron chi connectivity index (χ0n) is 16.6. The minimum atomic E-state index is -0.176. The number of anilines is 4. The SMILES string of the molecule is CCN(CC)c1ccc(Nc2ccc(C(=O)Nc3ccccc3)cn2)c(C)c1. The molecule has 3 aromatic rings. The Morgan fingerprint density at radius 2 is 1.75 bits per heavy atom. The van der Waals surface area contributed by atoms with Crippen LogP contribution in [-0.2, 0) is 0 Å². The number of aryl methyl sites for hydroxylation is 1. The molecular formula is C23H26N4O. The maximum absolute atomic E-state index is 12.3. The lowest BCUT2D eigenvalue weighted by molar-refractivity contribution is 0.102. The number of pyridine rings is 1. The molecule has 144 valence electrons. The van der Waals surface area contributed by atoms with Crippen molar-refractivity contribution < 1.29 is 4.79 Å². The second-order valence-corrected chi connectivity index (χ2v) is 6.55. The molecule has 0 spiro atoms. The van der Waals surface area contributed by atoms with Crippen LogP contribution < -0.4 is 15.5 Å². The summed E-state index contributed by atoms with van der Waals surface area (Å²) in [5.74, 6) is 0.528. The number of benzene rings is 2. The normalized spacial score (nSPS) is 10.4. The van der Waals surface area contributed by atoms with Gasteiger partial charge in [0.15, 0.2) is 0 Å². The van der Waals surface area contributed by atoms with Crippen molar-refractivity contribution in [2.75, 3.05) is 28.6 Å². The van der Waals surface area contributed by atoms with Gasteiger partial charge in [-0.3, -0.25) is 4.79 Å². The van der Waals surface area contributed by atoms with E-state index in [1.54, 1.807) is 12.3 Å². The number of hydrogen-bond donors (Lipinski definition) is 2. The maximum atomic E-state index is 12.3. The smallest absolute Gasteiger partial charge is 0.257 e. The van der Waals surface area contributed by atoms with Crippen LogP contribution in [0.25, 0.3) is 0 Å². The number of aromatic nitrogens is 1. The van der Waals surface area contributed by atoms with Gasteiger partial charge in [0, 0.05) is 36.3 Å². The molecule has 0 bridgehead atoms. The fourth-order valence-electron chi connectivity index (χ4n) is 3.04. The summed E-state index contributed by atoms with van der Waals surface area (Å²) in [5.41, 5.74) is 4.65. The lowest BCUT2D eigenvalue weighted by atomic mass is 10.1. The van der Waals surface area contributed by atoms with E-state index in [1.807, 2.05) is 36.4 Å². The fraction of sp³-hybridized carbons (Fsp3) is 0.217. The van der Waals surface area contributed by atoms with Crippen LogP contribution in [0.3, 0.4) is 0 Å². The second-order valence-electron chi connectivity index (χ2n) is 6.55. The van der Waals surface area contributed by atoms with E-state index in [2.05, 4.69) is 59.5 Å². The van der Waals surface area contributed by atoms with Crippen LogP contribution in [0.5, 0.6) is 0 Å².